The van der Waals surface area contributed by atoms with Crippen LogP contribution in [0.2, 0.25) is 0 Å². The monoisotopic (exact) mass is 285 g/mol. The molecule has 1 heterocycles. The number of benzene rings is 1. The van der Waals surface area contributed by atoms with Gasteiger partial charge >= 0.3 is 0 Å². The van der Waals surface area contributed by atoms with E-state index >= 15 is 0 Å². The highest BCUT2D eigenvalue weighted by Gasteiger charge is 2.18. The lowest BCUT2D eigenvalue weighted by molar-refractivity contribution is -0.122. The Hall–Kier alpha value is -1.84. The molecule has 4 heteroatoms. The highest BCUT2D eigenvalue weighted by molar-refractivity contribution is 5.77. The molecule has 1 aliphatic rings. The standard InChI is InChI=1S/C17H23N3O/c1-12(17-19-14-8-4-5-9-15(14)20-17)18-16(21)11-10-13-6-2-3-7-13/h4-5,8-9,12-13H,2-3,6-7,10-11H2,1H3,(H,18,21)(H,19,20). The minimum atomic E-state index is -0.0755. The van der Waals surface area contributed by atoms with Gasteiger partial charge in [-0.05, 0) is 31.4 Å². The topological polar surface area (TPSA) is 57.8 Å². The summed E-state index contributed by atoms with van der Waals surface area (Å²) in [5.41, 5.74) is 1.96. The number of hydrogen-bond donors (Lipinski definition) is 2. The Morgan fingerprint density at radius 1 is 1.38 bits per heavy atom. The summed E-state index contributed by atoms with van der Waals surface area (Å²) in [6.07, 6.45) is 6.93. The van der Waals surface area contributed by atoms with Crippen LogP contribution >= 0.6 is 0 Å². The Kier molecular flexibility index (Phi) is 4.23. The Balaban J connectivity index is 1.54. The summed E-state index contributed by atoms with van der Waals surface area (Å²) in [6, 6.07) is 7.85. The van der Waals surface area contributed by atoms with Crippen LogP contribution in [-0.2, 0) is 4.79 Å². The largest absolute Gasteiger partial charge is 0.346 e. The van der Waals surface area contributed by atoms with Crippen molar-refractivity contribution in [1.82, 2.24) is 15.3 Å². The van der Waals surface area contributed by atoms with Crippen LogP contribution in [0.1, 0.15) is 57.3 Å². The molecule has 1 unspecified atom stereocenters. The maximum absolute atomic E-state index is 12.0. The molecule has 0 aliphatic heterocycles. The number of carbonyl (C=O) groups is 1. The van der Waals surface area contributed by atoms with Gasteiger partial charge in [0.1, 0.15) is 5.82 Å². The van der Waals surface area contributed by atoms with E-state index in [1.54, 1.807) is 0 Å². The summed E-state index contributed by atoms with van der Waals surface area (Å²) in [5, 5.41) is 3.05. The molecule has 1 aromatic carbocycles. The third kappa shape index (κ3) is 3.43. The fourth-order valence-corrected chi connectivity index (χ4v) is 3.19. The number of H-pyrrole nitrogens is 1. The van der Waals surface area contributed by atoms with Crippen LogP contribution < -0.4 is 5.32 Å². The molecule has 1 fully saturated rings. The smallest absolute Gasteiger partial charge is 0.220 e. The quantitative estimate of drug-likeness (QED) is 0.879. The average molecular weight is 285 g/mol. The van der Waals surface area contributed by atoms with Gasteiger partial charge in [-0.15, -0.1) is 0 Å². The van der Waals surface area contributed by atoms with E-state index in [-0.39, 0.29) is 11.9 Å². The van der Waals surface area contributed by atoms with Gasteiger partial charge in [0.05, 0.1) is 17.1 Å². The minimum Gasteiger partial charge on any atom is -0.346 e. The second kappa shape index (κ2) is 6.29. The van der Waals surface area contributed by atoms with Crippen molar-refractivity contribution >= 4 is 16.9 Å². The van der Waals surface area contributed by atoms with E-state index in [2.05, 4.69) is 15.3 Å². The molecule has 1 saturated carbocycles. The summed E-state index contributed by atoms with van der Waals surface area (Å²) in [6.45, 7) is 1.98. The predicted octanol–water partition coefficient (Wildman–Crippen LogP) is 3.71. The van der Waals surface area contributed by atoms with Crippen molar-refractivity contribution in [3.8, 4) is 0 Å². The molecule has 1 aliphatic carbocycles. The van der Waals surface area contributed by atoms with Gasteiger partial charge in [-0.25, -0.2) is 4.98 Å². The van der Waals surface area contributed by atoms with E-state index in [0.29, 0.717) is 6.42 Å². The molecule has 1 amide bonds. The Morgan fingerprint density at radius 2 is 2.14 bits per heavy atom. The van der Waals surface area contributed by atoms with Crippen molar-refractivity contribution in [1.29, 1.82) is 0 Å². The summed E-state index contributed by atoms with van der Waals surface area (Å²) < 4.78 is 0. The SMILES string of the molecule is CC(NC(=O)CCC1CCCC1)c1nc2ccccc2[nH]1. The highest BCUT2D eigenvalue weighted by atomic mass is 16.1. The first kappa shape index (κ1) is 14.1. The lowest BCUT2D eigenvalue weighted by Gasteiger charge is -2.13. The number of hydrogen-bond acceptors (Lipinski definition) is 2. The van der Waals surface area contributed by atoms with Crippen LogP contribution in [0.4, 0.5) is 0 Å². The number of fused-ring (bicyclic) bond motifs is 1. The molecule has 2 aromatic rings. The summed E-state index contributed by atoms with van der Waals surface area (Å²) in [5.74, 6) is 1.72. The predicted molar refractivity (Wildman–Crippen MR) is 83.8 cm³/mol. The van der Waals surface area contributed by atoms with Gasteiger partial charge in [0.2, 0.25) is 5.91 Å². The number of carbonyl (C=O) groups excluding carboxylic acids is 1. The number of amides is 1. The summed E-state index contributed by atoms with van der Waals surface area (Å²) in [4.78, 5) is 19.9. The van der Waals surface area contributed by atoms with Gasteiger partial charge in [0.25, 0.3) is 0 Å². The summed E-state index contributed by atoms with van der Waals surface area (Å²) >= 11 is 0. The van der Waals surface area contributed by atoms with E-state index in [1.165, 1.54) is 25.7 Å². The van der Waals surface area contributed by atoms with Crippen molar-refractivity contribution in [2.75, 3.05) is 0 Å². The van der Waals surface area contributed by atoms with Crippen LogP contribution in [-0.4, -0.2) is 15.9 Å². The Bertz CT molecular complexity index is 580. The molecule has 2 N–H and O–H groups in total. The minimum absolute atomic E-state index is 0.0755. The van der Waals surface area contributed by atoms with Crippen molar-refractivity contribution in [3.63, 3.8) is 0 Å². The lowest BCUT2D eigenvalue weighted by atomic mass is 10.0. The molecule has 3 rings (SSSR count). The molecule has 0 radical (unpaired) electrons. The third-order valence-corrected chi connectivity index (χ3v) is 4.45. The zero-order valence-electron chi connectivity index (χ0n) is 12.6. The number of nitrogens with zero attached hydrogens (tertiary/aromatic N) is 1. The molecule has 21 heavy (non-hydrogen) atoms. The number of rotatable bonds is 5. The van der Waals surface area contributed by atoms with Crippen molar-refractivity contribution in [2.45, 2.75) is 51.5 Å². The maximum Gasteiger partial charge on any atom is 0.220 e. The second-order valence-corrected chi connectivity index (χ2v) is 6.12. The van der Waals surface area contributed by atoms with Crippen LogP contribution in [0.15, 0.2) is 24.3 Å². The van der Waals surface area contributed by atoms with Gasteiger partial charge < -0.3 is 10.3 Å². The molecular weight excluding hydrogens is 262 g/mol. The first-order chi connectivity index (χ1) is 10.2. The zero-order chi connectivity index (χ0) is 14.7. The fourth-order valence-electron chi connectivity index (χ4n) is 3.19. The van der Waals surface area contributed by atoms with Gasteiger partial charge in [-0.1, -0.05) is 37.8 Å². The third-order valence-electron chi connectivity index (χ3n) is 4.45. The molecule has 1 aromatic heterocycles. The first-order valence-electron chi connectivity index (χ1n) is 7.96. The first-order valence-corrected chi connectivity index (χ1v) is 7.96. The summed E-state index contributed by atoms with van der Waals surface area (Å²) in [7, 11) is 0. The van der Waals surface area contributed by atoms with Gasteiger partial charge in [0, 0.05) is 6.42 Å². The van der Waals surface area contributed by atoms with Crippen LogP contribution in [0.3, 0.4) is 0 Å². The maximum atomic E-state index is 12.0. The number of aromatic nitrogens is 2. The second-order valence-electron chi connectivity index (χ2n) is 6.12. The zero-order valence-corrected chi connectivity index (χ0v) is 12.6. The average Bonchev–Trinajstić information content (AvgIpc) is 3.14. The number of para-hydroxylation sites is 2. The highest BCUT2D eigenvalue weighted by Crippen LogP contribution is 2.28. The van der Waals surface area contributed by atoms with Crippen molar-refractivity contribution in [3.05, 3.63) is 30.1 Å². The van der Waals surface area contributed by atoms with Crippen LogP contribution in [0.5, 0.6) is 0 Å². The Morgan fingerprint density at radius 3 is 2.90 bits per heavy atom. The molecule has 0 saturated heterocycles. The van der Waals surface area contributed by atoms with Crippen LogP contribution in [0, 0.1) is 5.92 Å². The van der Waals surface area contributed by atoms with E-state index in [0.717, 1.165) is 29.2 Å². The van der Waals surface area contributed by atoms with Gasteiger partial charge in [-0.3, -0.25) is 4.79 Å². The van der Waals surface area contributed by atoms with Crippen molar-refractivity contribution in [2.24, 2.45) is 5.92 Å². The van der Waals surface area contributed by atoms with Gasteiger partial charge in [0.15, 0.2) is 0 Å². The van der Waals surface area contributed by atoms with Crippen LogP contribution in [0.25, 0.3) is 11.0 Å². The molecule has 0 spiro atoms. The molecular formula is C17H23N3O. The molecule has 4 nitrogen and oxygen atoms in total. The number of nitrogens with one attached hydrogen (secondary N) is 2. The number of imidazole rings is 1. The van der Waals surface area contributed by atoms with Gasteiger partial charge in [-0.2, -0.15) is 0 Å². The lowest BCUT2D eigenvalue weighted by Crippen LogP contribution is -2.27. The normalized spacial score (nSPS) is 17.2. The van der Waals surface area contributed by atoms with E-state index in [4.69, 9.17) is 0 Å². The molecule has 112 valence electrons. The van der Waals surface area contributed by atoms with E-state index in [9.17, 15) is 4.79 Å². The molecule has 1 atom stereocenters. The van der Waals surface area contributed by atoms with Crippen molar-refractivity contribution < 1.29 is 4.79 Å². The fraction of sp³-hybridized carbons (Fsp3) is 0.529. The van der Waals surface area contributed by atoms with E-state index < -0.39 is 0 Å². The van der Waals surface area contributed by atoms with E-state index in [1.807, 2.05) is 31.2 Å². The number of aromatic amines is 1. The Labute approximate surface area is 125 Å². The molecule has 0 bridgehead atoms.